The van der Waals surface area contributed by atoms with E-state index in [0.717, 1.165) is 69.1 Å². The lowest BCUT2D eigenvalue weighted by molar-refractivity contribution is -0.143. The molecule has 0 radical (unpaired) electrons. The zero-order chi connectivity index (χ0) is 49.2. The van der Waals surface area contributed by atoms with Gasteiger partial charge in [-0.3, -0.25) is 19.2 Å². The van der Waals surface area contributed by atoms with E-state index < -0.39 is 35.4 Å². The Morgan fingerprint density at radius 3 is 2.42 bits per heavy atom. The summed E-state index contributed by atoms with van der Waals surface area (Å²) in [5.41, 5.74) is 10.8. The van der Waals surface area contributed by atoms with Gasteiger partial charge in [0, 0.05) is 74.5 Å². The second kappa shape index (κ2) is 21.1. The summed E-state index contributed by atoms with van der Waals surface area (Å²) in [5.74, 6) is 0.379. The molecule has 0 spiro atoms. The number of anilines is 2. The second-order valence-corrected chi connectivity index (χ2v) is 22.7. The minimum absolute atomic E-state index is 0.00741. The highest BCUT2D eigenvalue weighted by Gasteiger charge is 2.44. The number of halogens is 1. The molecule has 4 amide bonds. The summed E-state index contributed by atoms with van der Waals surface area (Å²) < 4.78 is 6.74. The van der Waals surface area contributed by atoms with E-state index in [4.69, 9.17) is 22.1 Å². The third-order valence-electron chi connectivity index (χ3n) is 13.7. The van der Waals surface area contributed by atoms with Gasteiger partial charge < -0.3 is 46.2 Å². The SMILES string of the molecule is CC(=O)N[C@H](C(=O)N1C[C@H](O)C[C@H]1C(=O)NCc1ccc(-c2scnc2C)cc1OC1CCC(C(=O)N2CC(Nc3cccc(Sc4cnc(N5CCC(C)(N)CC5)cn4)c3Cl)C2)CC1)C(C)(C)C. The summed E-state index contributed by atoms with van der Waals surface area (Å²) in [5, 5.41) is 21.3. The number of benzene rings is 2. The van der Waals surface area contributed by atoms with Crippen LogP contribution in [0.15, 0.2) is 64.2 Å². The standard InChI is InChI=1S/C50H65ClN10O6S2/c1-29-44(68-28-56-29)32-10-11-33(22-55-46(64)38-21-35(63)27-61(38)48(66)45(49(3,4)5)57-30(2)62)39(20-32)67-36-14-12-31(13-15-36)47(65)60-25-34(26-60)58-37-8-7-9-40(43(37)51)69-42-24-53-41(23-54-42)59-18-16-50(6,52)17-19-59/h7-11,20,23-24,28,31,34-36,38,45,58,63H,12-19,21-22,25-27,52H2,1-6H3,(H,55,64)(H,57,62)/t31?,35-,36?,38+,45-/m1/s1. The van der Waals surface area contributed by atoms with Crippen LogP contribution in [0.3, 0.4) is 0 Å². The first-order valence-corrected chi connectivity index (χ1v) is 26.0. The van der Waals surface area contributed by atoms with Crippen LogP contribution in [0.1, 0.15) is 90.8 Å². The predicted octanol–water partition coefficient (Wildman–Crippen LogP) is 6.42. The average molecular weight is 1000 g/mol. The Balaban J connectivity index is 0.840. The Morgan fingerprint density at radius 2 is 1.77 bits per heavy atom. The number of rotatable bonds is 14. The van der Waals surface area contributed by atoms with Crippen molar-refractivity contribution in [3.8, 4) is 16.2 Å². The molecular weight excluding hydrogens is 936 g/mol. The molecule has 4 fully saturated rings. The van der Waals surface area contributed by atoms with Gasteiger partial charge >= 0.3 is 0 Å². The molecular formula is C50H65ClN10O6S2. The second-order valence-electron chi connectivity index (χ2n) is 20.5. The maximum Gasteiger partial charge on any atom is 0.246 e. The Morgan fingerprint density at radius 1 is 1.03 bits per heavy atom. The molecule has 6 N–H and O–H groups in total. The molecule has 370 valence electrons. The molecule has 3 aliphatic heterocycles. The molecule has 8 rings (SSSR count). The number of ether oxygens (including phenoxy) is 1. The van der Waals surface area contributed by atoms with Gasteiger partial charge in [-0.1, -0.05) is 62.3 Å². The number of aryl methyl sites for hydroxylation is 1. The van der Waals surface area contributed by atoms with Crippen molar-refractivity contribution >= 4 is 69.8 Å². The van der Waals surface area contributed by atoms with Crippen LogP contribution >= 0.6 is 34.7 Å². The van der Waals surface area contributed by atoms with Gasteiger partial charge in [0.2, 0.25) is 23.6 Å². The van der Waals surface area contributed by atoms with Crippen LogP contribution in [-0.4, -0.2) is 122 Å². The van der Waals surface area contributed by atoms with Crippen molar-refractivity contribution in [2.24, 2.45) is 17.1 Å². The van der Waals surface area contributed by atoms with Crippen molar-refractivity contribution in [2.45, 2.75) is 139 Å². The third kappa shape index (κ3) is 12.1. The average Bonchev–Trinajstić information content (AvgIpc) is 3.92. The number of aromatic nitrogens is 3. The van der Waals surface area contributed by atoms with Gasteiger partial charge in [0.1, 0.15) is 28.7 Å². The topological polar surface area (TPSA) is 208 Å². The van der Waals surface area contributed by atoms with Crippen molar-refractivity contribution in [1.82, 2.24) is 35.4 Å². The Labute approximate surface area is 417 Å². The Bertz CT molecular complexity index is 2500. The molecule has 0 bridgehead atoms. The van der Waals surface area contributed by atoms with Crippen LogP contribution in [-0.2, 0) is 25.7 Å². The fourth-order valence-electron chi connectivity index (χ4n) is 9.58. The number of amides is 4. The lowest BCUT2D eigenvalue weighted by Gasteiger charge is -2.43. The quantitative estimate of drug-likeness (QED) is 0.0926. The maximum atomic E-state index is 13.8. The Hall–Kier alpha value is -5.01. The lowest BCUT2D eigenvalue weighted by atomic mass is 9.85. The number of aliphatic hydroxyl groups is 1. The van der Waals surface area contributed by atoms with Gasteiger partial charge in [0.25, 0.3) is 0 Å². The number of aliphatic hydroxyl groups excluding tert-OH is 1. The van der Waals surface area contributed by atoms with Crippen LogP contribution in [0.25, 0.3) is 10.4 Å². The fraction of sp³-hybridized carbons (Fsp3) is 0.540. The molecule has 0 unspecified atom stereocenters. The van der Waals surface area contributed by atoms with Crippen LogP contribution in [0.2, 0.25) is 5.02 Å². The molecule has 1 aliphatic carbocycles. The first-order valence-electron chi connectivity index (χ1n) is 23.9. The molecule has 2 aromatic carbocycles. The van der Waals surface area contributed by atoms with Gasteiger partial charge in [0.15, 0.2) is 0 Å². The number of hydrogen-bond acceptors (Lipinski definition) is 14. The number of thiazole rings is 1. The smallest absolute Gasteiger partial charge is 0.246 e. The van der Waals surface area contributed by atoms with Gasteiger partial charge in [-0.05, 0) is 81.5 Å². The number of likely N-dealkylation sites (tertiary alicyclic amines) is 2. The van der Waals surface area contributed by atoms with E-state index in [0.29, 0.717) is 49.5 Å². The lowest BCUT2D eigenvalue weighted by Crippen LogP contribution is -2.58. The predicted molar refractivity (Wildman–Crippen MR) is 269 cm³/mol. The molecule has 1 saturated carbocycles. The van der Waals surface area contributed by atoms with Crippen molar-refractivity contribution in [2.75, 3.05) is 42.9 Å². The minimum Gasteiger partial charge on any atom is -0.490 e. The number of hydrogen-bond donors (Lipinski definition) is 5. The van der Waals surface area contributed by atoms with Crippen molar-refractivity contribution in [1.29, 1.82) is 0 Å². The number of piperidine rings is 1. The first kappa shape index (κ1) is 50.4. The van der Waals surface area contributed by atoms with Crippen molar-refractivity contribution < 1.29 is 29.0 Å². The zero-order valence-electron chi connectivity index (χ0n) is 40.3. The van der Waals surface area contributed by atoms with Crippen LogP contribution in [0.4, 0.5) is 11.5 Å². The molecule has 5 heterocycles. The number of nitrogens with zero attached hydrogens (tertiary/aromatic N) is 6. The molecule has 3 atom stereocenters. The van der Waals surface area contributed by atoms with E-state index in [2.05, 4.69) is 42.7 Å². The zero-order valence-corrected chi connectivity index (χ0v) is 42.7. The van der Waals surface area contributed by atoms with Crippen LogP contribution in [0.5, 0.6) is 5.75 Å². The highest BCUT2D eigenvalue weighted by molar-refractivity contribution is 7.99. The monoisotopic (exact) mass is 1000 g/mol. The maximum absolute atomic E-state index is 13.8. The molecule has 16 nitrogen and oxygen atoms in total. The van der Waals surface area contributed by atoms with Crippen molar-refractivity contribution in [3.63, 3.8) is 0 Å². The summed E-state index contributed by atoms with van der Waals surface area (Å²) in [6.45, 7) is 14.0. The number of nitrogens with one attached hydrogen (secondary N) is 3. The molecule has 69 heavy (non-hydrogen) atoms. The molecule has 4 aliphatic rings. The normalized spacial score (nSPS) is 22.1. The molecule has 2 aromatic heterocycles. The van der Waals surface area contributed by atoms with Crippen molar-refractivity contribution in [3.05, 3.63) is 70.6 Å². The van der Waals surface area contributed by atoms with E-state index in [1.54, 1.807) is 17.5 Å². The van der Waals surface area contributed by atoms with Gasteiger partial charge in [0.05, 0.1) is 57.4 Å². The highest BCUT2D eigenvalue weighted by Crippen LogP contribution is 2.39. The first-order chi connectivity index (χ1) is 32.8. The number of nitrogens with two attached hydrogens (primary N) is 1. The summed E-state index contributed by atoms with van der Waals surface area (Å²) in [7, 11) is 0. The number of β-amino-alcohol motifs (C(OH)–C–C–N with tert-alkyl or cyclic N) is 1. The van der Waals surface area contributed by atoms with Crippen LogP contribution < -0.4 is 31.3 Å². The summed E-state index contributed by atoms with van der Waals surface area (Å²) in [6, 6.07) is 10.1. The van der Waals surface area contributed by atoms with Crippen LogP contribution in [0, 0.1) is 18.3 Å². The van der Waals surface area contributed by atoms with E-state index in [-0.39, 0.29) is 54.9 Å². The van der Waals surface area contributed by atoms with E-state index >= 15 is 0 Å². The molecule has 19 heteroatoms. The van der Waals surface area contributed by atoms with Gasteiger partial charge in [-0.2, -0.15) is 0 Å². The van der Waals surface area contributed by atoms with E-state index in [1.807, 2.05) is 80.7 Å². The third-order valence-corrected chi connectivity index (χ3v) is 16.2. The number of carbonyl (C=O) groups excluding carboxylic acids is 4. The Kier molecular flexibility index (Phi) is 15.4. The largest absolute Gasteiger partial charge is 0.490 e. The highest BCUT2D eigenvalue weighted by atomic mass is 35.5. The summed E-state index contributed by atoms with van der Waals surface area (Å²) in [6.07, 6.45) is 7.28. The van der Waals surface area contributed by atoms with E-state index in [1.165, 1.54) is 23.6 Å². The van der Waals surface area contributed by atoms with E-state index in [9.17, 15) is 24.3 Å². The van der Waals surface area contributed by atoms with Gasteiger partial charge in [-0.15, -0.1) is 11.3 Å². The summed E-state index contributed by atoms with van der Waals surface area (Å²) in [4.78, 5) is 74.6. The minimum atomic E-state index is -0.909. The molecule has 4 aromatic rings. The summed E-state index contributed by atoms with van der Waals surface area (Å²) >= 11 is 9.93. The fourth-order valence-corrected chi connectivity index (χ4v) is 11.5. The molecule has 3 saturated heterocycles. The van der Waals surface area contributed by atoms with Gasteiger partial charge in [-0.25, -0.2) is 15.0 Å². The number of carbonyl (C=O) groups is 4.